The molecule has 0 bridgehead atoms. The van der Waals surface area contributed by atoms with Gasteiger partial charge in [0.1, 0.15) is 12.2 Å². The first-order valence-electron chi connectivity index (χ1n) is 7.93. The number of hydrogen-bond donors (Lipinski definition) is 0. The number of fused-ring (bicyclic) bond motifs is 3. The Hall–Kier alpha value is -1.64. The van der Waals surface area contributed by atoms with Crippen molar-refractivity contribution in [3.05, 3.63) is 59.2 Å². The van der Waals surface area contributed by atoms with Crippen LogP contribution in [0, 0.1) is 5.92 Å². The van der Waals surface area contributed by atoms with Crippen molar-refractivity contribution in [2.24, 2.45) is 5.92 Å². The van der Waals surface area contributed by atoms with Gasteiger partial charge in [-0.2, -0.15) is 0 Å². The number of benzene rings is 2. The van der Waals surface area contributed by atoms with Crippen LogP contribution >= 0.6 is 0 Å². The summed E-state index contributed by atoms with van der Waals surface area (Å²) < 4.78 is 11.5. The van der Waals surface area contributed by atoms with Gasteiger partial charge in [0.2, 0.25) is 0 Å². The van der Waals surface area contributed by atoms with E-state index in [1.165, 1.54) is 27.8 Å². The number of ether oxygens (including phenoxy) is 2. The van der Waals surface area contributed by atoms with E-state index in [2.05, 4.69) is 56.3 Å². The van der Waals surface area contributed by atoms with E-state index in [0.29, 0.717) is 5.92 Å². The van der Waals surface area contributed by atoms with E-state index in [0.717, 1.165) is 6.42 Å². The van der Waals surface area contributed by atoms with E-state index in [-0.39, 0.29) is 12.2 Å². The van der Waals surface area contributed by atoms with E-state index >= 15 is 0 Å². The molecule has 0 spiro atoms. The molecule has 116 valence electrons. The molecule has 2 nitrogen and oxygen atoms in total. The summed E-state index contributed by atoms with van der Waals surface area (Å²) in [5.74, 6) is 0.654. The zero-order valence-electron chi connectivity index (χ0n) is 13.8. The van der Waals surface area contributed by atoms with Gasteiger partial charge in [-0.25, -0.2) is 0 Å². The maximum Gasteiger partial charge on any atom is 0.113 e. The summed E-state index contributed by atoms with van der Waals surface area (Å²) in [4.78, 5) is 0. The van der Waals surface area contributed by atoms with E-state index in [9.17, 15) is 0 Å². The molecule has 22 heavy (non-hydrogen) atoms. The van der Waals surface area contributed by atoms with Gasteiger partial charge in [0.25, 0.3) is 0 Å². The highest BCUT2D eigenvalue weighted by Gasteiger charge is 2.33. The number of hydrogen-bond acceptors (Lipinski definition) is 2. The third kappa shape index (κ3) is 2.57. The highest BCUT2D eigenvalue weighted by Crippen LogP contribution is 2.47. The Morgan fingerprint density at radius 1 is 0.864 bits per heavy atom. The van der Waals surface area contributed by atoms with Crippen molar-refractivity contribution >= 4 is 0 Å². The Balaban J connectivity index is 2.16. The molecule has 0 fully saturated rings. The van der Waals surface area contributed by atoms with Crippen LogP contribution in [0.15, 0.2) is 42.5 Å². The van der Waals surface area contributed by atoms with Crippen molar-refractivity contribution in [2.45, 2.75) is 32.5 Å². The first-order valence-corrected chi connectivity index (χ1v) is 7.93. The van der Waals surface area contributed by atoms with Crippen molar-refractivity contribution in [3.8, 4) is 11.1 Å². The quantitative estimate of drug-likeness (QED) is 0.795. The van der Waals surface area contributed by atoms with Gasteiger partial charge in [0, 0.05) is 14.2 Å². The van der Waals surface area contributed by atoms with E-state index < -0.39 is 0 Å². The molecule has 2 unspecified atom stereocenters. The second kappa shape index (κ2) is 6.23. The highest BCUT2D eigenvalue weighted by atomic mass is 16.5. The first-order chi connectivity index (χ1) is 10.7. The van der Waals surface area contributed by atoms with Crippen LogP contribution in [0.2, 0.25) is 0 Å². The lowest BCUT2D eigenvalue weighted by atomic mass is 9.80. The van der Waals surface area contributed by atoms with Crippen molar-refractivity contribution in [2.75, 3.05) is 14.2 Å². The van der Waals surface area contributed by atoms with Crippen LogP contribution in [0.5, 0.6) is 0 Å². The summed E-state index contributed by atoms with van der Waals surface area (Å²) >= 11 is 0. The Labute approximate surface area is 133 Å². The average molecular weight is 296 g/mol. The summed E-state index contributed by atoms with van der Waals surface area (Å²) in [7, 11) is 3.52. The zero-order chi connectivity index (χ0) is 15.7. The van der Waals surface area contributed by atoms with Crippen molar-refractivity contribution in [1.82, 2.24) is 0 Å². The Kier molecular flexibility index (Phi) is 4.32. The van der Waals surface area contributed by atoms with Gasteiger partial charge in [-0.1, -0.05) is 56.3 Å². The van der Waals surface area contributed by atoms with Crippen molar-refractivity contribution < 1.29 is 9.47 Å². The SMILES string of the molecule is COC1c2ccccc2-c2cc(CC(C)C)ccc2C1OC. The molecule has 0 saturated carbocycles. The largest absolute Gasteiger partial charge is 0.374 e. The number of methoxy groups -OCH3 is 2. The zero-order valence-corrected chi connectivity index (χ0v) is 13.8. The van der Waals surface area contributed by atoms with Crippen LogP contribution in [-0.2, 0) is 15.9 Å². The molecule has 0 saturated heterocycles. The van der Waals surface area contributed by atoms with Crippen LogP contribution in [-0.4, -0.2) is 14.2 Å². The monoisotopic (exact) mass is 296 g/mol. The fourth-order valence-corrected chi connectivity index (χ4v) is 3.50. The summed E-state index contributed by atoms with van der Waals surface area (Å²) in [6.07, 6.45) is 0.994. The molecule has 2 heteroatoms. The lowest BCUT2D eigenvalue weighted by Crippen LogP contribution is -2.21. The summed E-state index contributed by atoms with van der Waals surface area (Å²) in [5.41, 5.74) is 6.37. The molecule has 0 aromatic heterocycles. The van der Waals surface area contributed by atoms with Crippen molar-refractivity contribution in [3.63, 3.8) is 0 Å². The molecule has 0 radical (unpaired) electrons. The molecule has 0 heterocycles. The second-order valence-corrected chi connectivity index (χ2v) is 6.42. The normalized spacial score (nSPS) is 19.9. The lowest BCUT2D eigenvalue weighted by Gasteiger charge is -2.34. The topological polar surface area (TPSA) is 18.5 Å². The van der Waals surface area contributed by atoms with E-state index in [1.807, 2.05) is 0 Å². The molecular weight excluding hydrogens is 272 g/mol. The minimum atomic E-state index is -0.0528. The summed E-state index contributed by atoms with van der Waals surface area (Å²) in [6.45, 7) is 4.51. The summed E-state index contributed by atoms with van der Waals surface area (Å²) in [6, 6.07) is 15.3. The van der Waals surface area contributed by atoms with Crippen LogP contribution in [0.3, 0.4) is 0 Å². The van der Waals surface area contributed by atoms with Gasteiger partial charge in [0.05, 0.1) is 0 Å². The van der Waals surface area contributed by atoms with Gasteiger partial charge < -0.3 is 9.47 Å². The third-order valence-corrected chi connectivity index (χ3v) is 4.41. The Morgan fingerprint density at radius 2 is 1.50 bits per heavy atom. The number of rotatable bonds is 4. The van der Waals surface area contributed by atoms with Gasteiger partial charge in [-0.3, -0.25) is 0 Å². The minimum Gasteiger partial charge on any atom is -0.374 e. The fourth-order valence-electron chi connectivity index (χ4n) is 3.50. The Bertz CT molecular complexity index is 661. The third-order valence-electron chi connectivity index (χ3n) is 4.41. The van der Waals surface area contributed by atoms with E-state index in [1.54, 1.807) is 14.2 Å². The highest BCUT2D eigenvalue weighted by molar-refractivity contribution is 5.75. The molecule has 2 aromatic rings. The van der Waals surface area contributed by atoms with Crippen LogP contribution in [0.4, 0.5) is 0 Å². The molecule has 0 amide bonds. The molecule has 3 rings (SSSR count). The molecule has 0 N–H and O–H groups in total. The fraction of sp³-hybridized carbons (Fsp3) is 0.400. The molecular formula is C20H24O2. The van der Waals surface area contributed by atoms with Gasteiger partial charge in [-0.15, -0.1) is 0 Å². The smallest absolute Gasteiger partial charge is 0.113 e. The van der Waals surface area contributed by atoms with E-state index in [4.69, 9.17) is 9.47 Å². The maximum atomic E-state index is 5.77. The second-order valence-electron chi connectivity index (χ2n) is 6.42. The molecule has 2 atom stereocenters. The molecule has 1 aliphatic rings. The van der Waals surface area contributed by atoms with Gasteiger partial charge in [-0.05, 0) is 40.2 Å². The van der Waals surface area contributed by atoms with Gasteiger partial charge in [0.15, 0.2) is 0 Å². The molecule has 2 aromatic carbocycles. The van der Waals surface area contributed by atoms with Crippen LogP contribution in [0.25, 0.3) is 11.1 Å². The predicted molar refractivity (Wildman–Crippen MR) is 89.9 cm³/mol. The van der Waals surface area contributed by atoms with Crippen LogP contribution < -0.4 is 0 Å². The van der Waals surface area contributed by atoms with Crippen molar-refractivity contribution in [1.29, 1.82) is 0 Å². The Morgan fingerprint density at radius 3 is 2.14 bits per heavy atom. The standard InChI is InChI=1S/C20H24O2/c1-13(2)11-14-9-10-17-18(12-14)15-7-5-6-8-16(15)19(21-3)20(17)22-4/h5-10,12-13,19-20H,11H2,1-4H3. The van der Waals surface area contributed by atoms with Gasteiger partial charge >= 0.3 is 0 Å². The predicted octanol–water partition coefficient (Wildman–Crippen LogP) is 4.94. The maximum absolute atomic E-state index is 5.77. The molecule has 1 aliphatic carbocycles. The average Bonchev–Trinajstić information content (AvgIpc) is 2.53. The summed E-state index contributed by atoms with van der Waals surface area (Å²) in [5, 5.41) is 0. The first kappa shape index (κ1) is 15.3. The van der Waals surface area contributed by atoms with Crippen LogP contribution in [0.1, 0.15) is 42.7 Å². The molecule has 0 aliphatic heterocycles. The lowest BCUT2D eigenvalue weighted by molar-refractivity contribution is -0.0408. The minimum absolute atomic E-state index is 0.0513.